The summed E-state index contributed by atoms with van der Waals surface area (Å²) >= 11 is 0. The molecule has 0 aliphatic heterocycles. The van der Waals surface area contributed by atoms with Crippen LogP contribution in [0.5, 0.6) is 5.75 Å². The maximum atomic E-state index is 5.79. The molecule has 0 bridgehead atoms. The van der Waals surface area contributed by atoms with Crippen LogP contribution in [0.1, 0.15) is 22.5 Å². The Bertz CT molecular complexity index is 792. The van der Waals surface area contributed by atoms with E-state index in [0.717, 1.165) is 36.8 Å². The van der Waals surface area contributed by atoms with Crippen LogP contribution in [0.3, 0.4) is 0 Å². The maximum Gasteiger partial charge on any atom is 0.119 e. The van der Waals surface area contributed by atoms with Crippen LogP contribution in [0.4, 0.5) is 0 Å². The number of pyridine rings is 1. The predicted molar refractivity (Wildman–Crippen MR) is 103 cm³/mol. The molecule has 0 amide bonds. The third-order valence-electron chi connectivity index (χ3n) is 4.14. The monoisotopic (exact) mass is 350 g/mol. The summed E-state index contributed by atoms with van der Waals surface area (Å²) in [5.74, 6) is 0.896. The fourth-order valence-corrected chi connectivity index (χ4v) is 3.03. The molecule has 0 aliphatic rings. The van der Waals surface area contributed by atoms with Crippen LogP contribution in [0, 0.1) is 13.8 Å². The van der Waals surface area contributed by atoms with Crippen molar-refractivity contribution in [3.63, 3.8) is 0 Å². The van der Waals surface area contributed by atoms with Gasteiger partial charge in [-0.25, -0.2) is 4.98 Å². The van der Waals surface area contributed by atoms with Gasteiger partial charge in [0.2, 0.25) is 0 Å². The number of hydrogen-bond acceptors (Lipinski definition) is 4. The third-order valence-corrected chi connectivity index (χ3v) is 4.14. The van der Waals surface area contributed by atoms with E-state index in [1.165, 1.54) is 11.1 Å². The van der Waals surface area contributed by atoms with E-state index in [0.29, 0.717) is 6.61 Å². The second kappa shape index (κ2) is 8.63. The van der Waals surface area contributed by atoms with E-state index >= 15 is 0 Å². The zero-order valence-electron chi connectivity index (χ0n) is 15.7. The minimum Gasteiger partial charge on any atom is -0.492 e. The normalized spacial score (nSPS) is 11.1. The van der Waals surface area contributed by atoms with Crippen molar-refractivity contribution in [2.24, 2.45) is 0 Å². The zero-order chi connectivity index (χ0) is 18.4. The van der Waals surface area contributed by atoms with E-state index < -0.39 is 0 Å². The van der Waals surface area contributed by atoms with Crippen molar-refractivity contribution >= 4 is 0 Å². The van der Waals surface area contributed by atoms with Crippen LogP contribution < -0.4 is 4.74 Å². The molecule has 1 aromatic carbocycles. The molecule has 3 aromatic rings. The Labute approximate surface area is 155 Å². The topological polar surface area (TPSA) is 43.2 Å². The largest absolute Gasteiger partial charge is 0.492 e. The van der Waals surface area contributed by atoms with Gasteiger partial charge in [0.05, 0.1) is 18.6 Å². The molecule has 136 valence electrons. The first-order chi connectivity index (χ1) is 12.6. The van der Waals surface area contributed by atoms with Crippen LogP contribution in [0.15, 0.2) is 55.1 Å². The summed E-state index contributed by atoms with van der Waals surface area (Å²) in [5, 5.41) is 0. The summed E-state index contributed by atoms with van der Waals surface area (Å²) in [4.78, 5) is 10.9. The lowest BCUT2D eigenvalue weighted by atomic mass is 10.2. The first-order valence-corrected chi connectivity index (χ1v) is 8.89. The number of benzene rings is 1. The van der Waals surface area contributed by atoms with Crippen LogP contribution >= 0.6 is 0 Å². The SMILES string of the molecule is Cc1cc(C)nc(CN(C)Cc2ccc(OCCn3ccnc3)cc2)c1. The summed E-state index contributed by atoms with van der Waals surface area (Å²) in [6.45, 7) is 7.31. The number of imidazole rings is 1. The van der Waals surface area contributed by atoms with Crippen molar-refractivity contribution in [3.05, 3.63) is 77.6 Å². The van der Waals surface area contributed by atoms with E-state index in [9.17, 15) is 0 Å². The molecule has 2 heterocycles. The Hall–Kier alpha value is -2.66. The summed E-state index contributed by atoms with van der Waals surface area (Å²) in [6.07, 6.45) is 5.51. The van der Waals surface area contributed by atoms with Crippen molar-refractivity contribution in [1.82, 2.24) is 19.4 Å². The van der Waals surface area contributed by atoms with Gasteiger partial charge in [0, 0.05) is 31.2 Å². The molecular weight excluding hydrogens is 324 g/mol. The van der Waals surface area contributed by atoms with E-state index in [2.05, 4.69) is 53.1 Å². The standard InChI is InChI=1S/C21H26N4O/c1-17-12-18(2)23-20(13-17)15-24(3)14-19-4-6-21(7-5-19)26-11-10-25-9-8-22-16-25/h4-9,12-13,16H,10-11,14-15H2,1-3H3. The van der Waals surface area contributed by atoms with Gasteiger partial charge in [0.1, 0.15) is 12.4 Å². The lowest BCUT2D eigenvalue weighted by molar-refractivity contribution is 0.297. The van der Waals surface area contributed by atoms with Crippen molar-refractivity contribution in [2.75, 3.05) is 13.7 Å². The molecular formula is C21H26N4O. The Morgan fingerprint density at radius 2 is 1.88 bits per heavy atom. The van der Waals surface area contributed by atoms with E-state index in [1.807, 2.05) is 29.8 Å². The van der Waals surface area contributed by atoms with Gasteiger partial charge >= 0.3 is 0 Å². The molecule has 0 saturated carbocycles. The molecule has 0 N–H and O–H groups in total. The highest BCUT2D eigenvalue weighted by Gasteiger charge is 2.05. The molecule has 0 radical (unpaired) electrons. The van der Waals surface area contributed by atoms with Gasteiger partial charge in [-0.05, 0) is 56.3 Å². The van der Waals surface area contributed by atoms with E-state index in [-0.39, 0.29) is 0 Å². The molecule has 0 saturated heterocycles. The molecule has 0 atom stereocenters. The molecule has 26 heavy (non-hydrogen) atoms. The third kappa shape index (κ3) is 5.43. The van der Waals surface area contributed by atoms with Gasteiger partial charge in [-0.1, -0.05) is 12.1 Å². The Kier molecular flexibility index (Phi) is 6.02. The fourth-order valence-electron chi connectivity index (χ4n) is 3.03. The van der Waals surface area contributed by atoms with Crippen molar-refractivity contribution in [3.8, 4) is 5.75 Å². The van der Waals surface area contributed by atoms with Crippen LogP contribution in [0.2, 0.25) is 0 Å². The van der Waals surface area contributed by atoms with Gasteiger partial charge in [0.25, 0.3) is 0 Å². The Morgan fingerprint density at radius 1 is 1.08 bits per heavy atom. The molecule has 0 aliphatic carbocycles. The first kappa shape index (κ1) is 18.1. The number of ether oxygens (including phenoxy) is 1. The average molecular weight is 350 g/mol. The van der Waals surface area contributed by atoms with Crippen LogP contribution in [-0.2, 0) is 19.6 Å². The number of rotatable bonds is 8. The highest BCUT2D eigenvalue weighted by atomic mass is 16.5. The minimum absolute atomic E-state index is 0.633. The molecule has 5 nitrogen and oxygen atoms in total. The molecule has 0 fully saturated rings. The quantitative estimate of drug-likeness (QED) is 0.622. The van der Waals surface area contributed by atoms with Gasteiger partial charge in [-0.2, -0.15) is 0 Å². The molecule has 0 spiro atoms. The van der Waals surface area contributed by atoms with Gasteiger partial charge in [-0.3, -0.25) is 9.88 Å². The lowest BCUT2D eigenvalue weighted by Crippen LogP contribution is -2.18. The van der Waals surface area contributed by atoms with Gasteiger partial charge in [0.15, 0.2) is 0 Å². The van der Waals surface area contributed by atoms with E-state index in [4.69, 9.17) is 4.74 Å². The van der Waals surface area contributed by atoms with Crippen molar-refractivity contribution in [1.29, 1.82) is 0 Å². The molecule has 3 rings (SSSR count). The van der Waals surface area contributed by atoms with Gasteiger partial charge in [-0.15, -0.1) is 0 Å². The van der Waals surface area contributed by atoms with Crippen LogP contribution in [-0.4, -0.2) is 33.1 Å². The predicted octanol–water partition coefficient (Wildman–Crippen LogP) is 3.61. The van der Waals surface area contributed by atoms with Crippen LogP contribution in [0.25, 0.3) is 0 Å². The number of aromatic nitrogens is 3. The second-order valence-corrected chi connectivity index (χ2v) is 6.74. The number of nitrogens with zero attached hydrogens (tertiary/aromatic N) is 4. The number of hydrogen-bond donors (Lipinski definition) is 0. The van der Waals surface area contributed by atoms with Crippen molar-refractivity contribution in [2.45, 2.75) is 33.5 Å². The minimum atomic E-state index is 0.633. The summed E-state index contributed by atoms with van der Waals surface area (Å²) in [6, 6.07) is 12.6. The second-order valence-electron chi connectivity index (χ2n) is 6.74. The summed E-state index contributed by atoms with van der Waals surface area (Å²) < 4.78 is 7.79. The Morgan fingerprint density at radius 3 is 2.58 bits per heavy atom. The lowest BCUT2D eigenvalue weighted by Gasteiger charge is -2.17. The summed E-state index contributed by atoms with van der Waals surface area (Å²) in [5.41, 5.74) is 4.71. The molecule has 5 heteroatoms. The van der Waals surface area contributed by atoms with Crippen molar-refractivity contribution < 1.29 is 4.74 Å². The number of aryl methyl sites for hydroxylation is 2. The van der Waals surface area contributed by atoms with E-state index in [1.54, 1.807) is 12.5 Å². The highest BCUT2D eigenvalue weighted by molar-refractivity contribution is 5.27. The fraction of sp³-hybridized carbons (Fsp3) is 0.333. The smallest absolute Gasteiger partial charge is 0.119 e. The molecule has 0 unspecified atom stereocenters. The average Bonchev–Trinajstić information content (AvgIpc) is 3.09. The summed E-state index contributed by atoms with van der Waals surface area (Å²) in [7, 11) is 2.12. The Balaban J connectivity index is 1.48. The molecule has 2 aromatic heterocycles. The van der Waals surface area contributed by atoms with Gasteiger partial charge < -0.3 is 9.30 Å². The highest BCUT2D eigenvalue weighted by Crippen LogP contribution is 2.15. The maximum absolute atomic E-state index is 5.79. The first-order valence-electron chi connectivity index (χ1n) is 8.89. The zero-order valence-corrected chi connectivity index (χ0v) is 15.7.